The van der Waals surface area contributed by atoms with Gasteiger partial charge < -0.3 is 4.74 Å². The lowest BCUT2D eigenvalue weighted by Gasteiger charge is -2.21. The van der Waals surface area contributed by atoms with Gasteiger partial charge >= 0.3 is 0 Å². The number of pyridine rings is 2. The van der Waals surface area contributed by atoms with Crippen LogP contribution in [0.3, 0.4) is 0 Å². The summed E-state index contributed by atoms with van der Waals surface area (Å²) in [6.07, 6.45) is 10.7. The summed E-state index contributed by atoms with van der Waals surface area (Å²) in [5.41, 5.74) is 3.45. The number of nitro groups is 1. The van der Waals surface area contributed by atoms with Gasteiger partial charge in [0, 0.05) is 37.6 Å². The van der Waals surface area contributed by atoms with Crippen molar-refractivity contribution in [2.45, 2.75) is 51.6 Å². The maximum atomic E-state index is 10.7. The molecule has 0 atom stereocenters. The Bertz CT molecular complexity index is 1290. The number of nitro benzene ring substituents is 1. The first-order valence-electron chi connectivity index (χ1n) is 14.1. The van der Waals surface area contributed by atoms with Crippen molar-refractivity contribution >= 4 is 17.1 Å². The predicted molar refractivity (Wildman–Crippen MR) is 159 cm³/mol. The van der Waals surface area contributed by atoms with Crippen LogP contribution in [0.5, 0.6) is 5.75 Å². The maximum absolute atomic E-state index is 10.7. The summed E-state index contributed by atoms with van der Waals surface area (Å²) in [5.74, 6) is 0.806. The fraction of sp³-hybridized carbons (Fsp3) is 0.312. The van der Waals surface area contributed by atoms with E-state index in [1.54, 1.807) is 12.1 Å². The maximum Gasteiger partial charge on any atom is 0.269 e. The molecule has 2 heterocycles. The molecule has 0 amide bonds. The lowest BCUT2D eigenvalue weighted by atomic mass is 10.1. The summed E-state index contributed by atoms with van der Waals surface area (Å²) in [6, 6.07) is 25.6. The molecule has 0 aliphatic carbocycles. The summed E-state index contributed by atoms with van der Waals surface area (Å²) >= 11 is 0. The molecule has 0 fully saturated rings. The number of nitrogens with zero attached hydrogens (tertiary/aromatic N) is 6. The Morgan fingerprint density at radius 1 is 0.683 bits per heavy atom. The Morgan fingerprint density at radius 2 is 1.22 bits per heavy atom. The van der Waals surface area contributed by atoms with Crippen LogP contribution in [0.25, 0.3) is 0 Å². The van der Waals surface area contributed by atoms with E-state index in [9.17, 15) is 10.1 Å². The second kappa shape index (κ2) is 16.6. The van der Waals surface area contributed by atoms with Crippen LogP contribution in [0.15, 0.2) is 108 Å². The molecule has 0 radical (unpaired) electrons. The zero-order chi connectivity index (χ0) is 28.5. The number of ether oxygens (including phenoxy) is 1. The molecule has 0 aliphatic heterocycles. The van der Waals surface area contributed by atoms with Crippen molar-refractivity contribution in [3.8, 4) is 5.75 Å². The van der Waals surface area contributed by atoms with Gasteiger partial charge in [-0.05, 0) is 80.1 Å². The van der Waals surface area contributed by atoms with Gasteiger partial charge in [0.2, 0.25) is 0 Å². The average Bonchev–Trinajstić information content (AvgIpc) is 3.01. The first-order valence-corrected chi connectivity index (χ1v) is 14.1. The minimum atomic E-state index is -0.439. The highest BCUT2D eigenvalue weighted by Crippen LogP contribution is 2.23. The van der Waals surface area contributed by atoms with E-state index in [0.717, 1.165) is 56.0 Å². The SMILES string of the molecule is O=[N+]([O-])c1ccc(N=Nc2ccc(OCCCCCCCCN(Cc3ccccn3)Cc3ccccn3)cc2)cc1. The Kier molecular flexibility index (Phi) is 11.9. The van der Waals surface area contributed by atoms with Crippen molar-refractivity contribution in [2.24, 2.45) is 10.2 Å². The molecular weight excluding hydrogens is 516 g/mol. The molecule has 0 aliphatic rings. The van der Waals surface area contributed by atoms with Crippen LogP contribution in [0.2, 0.25) is 0 Å². The molecule has 2 aromatic carbocycles. The van der Waals surface area contributed by atoms with Gasteiger partial charge in [-0.2, -0.15) is 10.2 Å². The first-order chi connectivity index (χ1) is 20.2. The summed E-state index contributed by atoms with van der Waals surface area (Å²) in [5, 5.41) is 19.0. The molecule has 0 saturated carbocycles. The summed E-state index contributed by atoms with van der Waals surface area (Å²) in [4.78, 5) is 21.7. The third-order valence-corrected chi connectivity index (χ3v) is 6.54. The largest absolute Gasteiger partial charge is 0.494 e. The molecule has 0 bridgehead atoms. The summed E-state index contributed by atoms with van der Waals surface area (Å²) in [6.45, 7) is 3.38. The van der Waals surface area contributed by atoms with E-state index in [-0.39, 0.29) is 5.69 Å². The van der Waals surface area contributed by atoms with Crippen molar-refractivity contribution in [1.82, 2.24) is 14.9 Å². The van der Waals surface area contributed by atoms with Crippen molar-refractivity contribution in [2.75, 3.05) is 13.2 Å². The smallest absolute Gasteiger partial charge is 0.269 e. The summed E-state index contributed by atoms with van der Waals surface area (Å²) < 4.78 is 5.88. The Hall–Kier alpha value is -4.50. The van der Waals surface area contributed by atoms with Gasteiger partial charge in [-0.15, -0.1) is 0 Å². The number of hydrogen-bond acceptors (Lipinski definition) is 8. The molecule has 0 spiro atoms. The lowest BCUT2D eigenvalue weighted by molar-refractivity contribution is -0.384. The zero-order valence-corrected chi connectivity index (χ0v) is 23.2. The monoisotopic (exact) mass is 552 g/mol. The van der Waals surface area contributed by atoms with Gasteiger partial charge in [0.1, 0.15) is 5.75 Å². The molecule has 2 aromatic heterocycles. The minimum absolute atomic E-state index is 0.0294. The van der Waals surface area contributed by atoms with Gasteiger partial charge in [-0.3, -0.25) is 25.0 Å². The third-order valence-electron chi connectivity index (χ3n) is 6.54. The van der Waals surface area contributed by atoms with Crippen molar-refractivity contribution in [1.29, 1.82) is 0 Å². The van der Waals surface area contributed by atoms with Crippen LogP contribution in [0.4, 0.5) is 17.1 Å². The number of rotatable bonds is 17. The van der Waals surface area contributed by atoms with Crippen LogP contribution in [0.1, 0.15) is 49.9 Å². The van der Waals surface area contributed by atoms with Gasteiger partial charge in [0.05, 0.1) is 34.3 Å². The molecule has 4 aromatic rings. The van der Waals surface area contributed by atoms with E-state index in [4.69, 9.17) is 4.74 Å². The molecule has 4 rings (SSSR count). The van der Waals surface area contributed by atoms with E-state index in [1.807, 2.05) is 60.9 Å². The first kappa shape index (κ1) is 29.5. The van der Waals surface area contributed by atoms with Crippen LogP contribution in [0, 0.1) is 10.1 Å². The Labute approximate surface area is 241 Å². The van der Waals surface area contributed by atoms with E-state index >= 15 is 0 Å². The van der Waals surface area contributed by atoms with Crippen LogP contribution in [-0.2, 0) is 13.1 Å². The molecular formula is C32H36N6O3. The van der Waals surface area contributed by atoms with Crippen molar-refractivity contribution in [3.05, 3.63) is 119 Å². The second-order valence-corrected chi connectivity index (χ2v) is 9.79. The van der Waals surface area contributed by atoms with Gasteiger partial charge in [-0.1, -0.05) is 37.8 Å². The van der Waals surface area contributed by atoms with Gasteiger partial charge in [-0.25, -0.2) is 0 Å². The zero-order valence-electron chi connectivity index (χ0n) is 23.2. The number of azo groups is 1. The molecule has 0 saturated heterocycles. The molecule has 9 heteroatoms. The van der Waals surface area contributed by atoms with Crippen molar-refractivity contribution in [3.63, 3.8) is 0 Å². The van der Waals surface area contributed by atoms with E-state index in [1.165, 1.54) is 31.4 Å². The fourth-order valence-corrected chi connectivity index (χ4v) is 4.36. The number of benzene rings is 2. The highest BCUT2D eigenvalue weighted by Gasteiger charge is 2.09. The van der Waals surface area contributed by atoms with E-state index < -0.39 is 4.92 Å². The van der Waals surface area contributed by atoms with Crippen molar-refractivity contribution < 1.29 is 9.66 Å². The quantitative estimate of drug-likeness (QED) is 0.0565. The molecule has 0 N–H and O–H groups in total. The number of non-ortho nitro benzene ring substituents is 1. The number of hydrogen-bond donors (Lipinski definition) is 0. The molecule has 9 nitrogen and oxygen atoms in total. The Balaban J connectivity index is 1.08. The molecule has 41 heavy (non-hydrogen) atoms. The topological polar surface area (TPSA) is 106 Å². The number of unbranched alkanes of at least 4 members (excludes halogenated alkanes) is 5. The second-order valence-electron chi connectivity index (χ2n) is 9.79. The standard InChI is InChI=1S/C32H36N6O3/c39-38(40)31-17-13-27(14-18-31)35-36-28-15-19-32(20-16-28)41-24-10-4-2-1-3-9-23-37(25-29-11-5-7-21-33-29)26-30-12-6-8-22-34-30/h5-8,11-22H,1-4,9-10,23-26H2. The van der Waals surface area contributed by atoms with Gasteiger partial charge in [0.25, 0.3) is 5.69 Å². The van der Waals surface area contributed by atoms with E-state index in [0.29, 0.717) is 18.0 Å². The predicted octanol–water partition coefficient (Wildman–Crippen LogP) is 8.22. The fourth-order valence-electron chi connectivity index (χ4n) is 4.36. The van der Waals surface area contributed by atoms with Crippen LogP contribution in [-0.4, -0.2) is 32.9 Å². The van der Waals surface area contributed by atoms with Crippen LogP contribution >= 0.6 is 0 Å². The lowest BCUT2D eigenvalue weighted by Crippen LogP contribution is -2.25. The molecule has 0 unspecified atom stereocenters. The summed E-state index contributed by atoms with van der Waals surface area (Å²) in [7, 11) is 0. The van der Waals surface area contributed by atoms with Gasteiger partial charge in [0.15, 0.2) is 0 Å². The Morgan fingerprint density at radius 3 is 1.76 bits per heavy atom. The third kappa shape index (κ3) is 10.9. The minimum Gasteiger partial charge on any atom is -0.494 e. The molecule has 212 valence electrons. The average molecular weight is 553 g/mol. The van der Waals surface area contributed by atoms with Crippen LogP contribution < -0.4 is 4.74 Å². The number of aromatic nitrogens is 2. The highest BCUT2D eigenvalue weighted by atomic mass is 16.6. The van der Waals surface area contributed by atoms with E-state index in [2.05, 4.69) is 37.2 Å². The highest BCUT2D eigenvalue weighted by molar-refractivity contribution is 5.45. The normalized spacial score (nSPS) is 11.2.